The fourth-order valence-electron chi connectivity index (χ4n) is 1.85. The second-order valence-corrected chi connectivity index (χ2v) is 3.85. The highest BCUT2D eigenvalue weighted by Gasteiger charge is 2.20. The molecular weight excluding hydrogens is 194 g/mol. The zero-order chi connectivity index (χ0) is 15.0. The van der Waals surface area contributed by atoms with Crippen molar-refractivity contribution in [3.8, 4) is 18.4 Å². The largest absolute Gasteiger partial charge is 0.192 e. The molecule has 0 radical (unpaired) electrons. The Kier molecular flexibility index (Phi) is 2.06. The number of benzene rings is 1. The van der Waals surface area contributed by atoms with E-state index in [2.05, 4.69) is 5.92 Å². The minimum Gasteiger partial charge on any atom is -0.192 e. The lowest BCUT2D eigenvalue weighted by atomic mass is 9.79. The summed E-state index contributed by atoms with van der Waals surface area (Å²) in [6.07, 6.45) is 2.26. The second kappa shape index (κ2) is 4.86. The van der Waals surface area contributed by atoms with Crippen molar-refractivity contribution in [1.29, 1.82) is 5.26 Å². The summed E-state index contributed by atoms with van der Waals surface area (Å²) in [5, 5.41) is 8.78. The first-order valence-electron chi connectivity index (χ1n) is 7.26. The number of nitriles is 1. The van der Waals surface area contributed by atoms with Gasteiger partial charge in [0.15, 0.2) is 0 Å². The van der Waals surface area contributed by atoms with Gasteiger partial charge in [0, 0.05) is 11.4 Å². The van der Waals surface area contributed by atoms with Gasteiger partial charge in [-0.2, -0.15) is 5.26 Å². The average Bonchev–Trinajstić information content (AvgIpc) is 2.36. The summed E-state index contributed by atoms with van der Waals surface area (Å²) in [5.74, 6) is 1.03. The molecule has 0 aromatic heterocycles. The highest BCUT2D eigenvalue weighted by Crippen LogP contribution is 2.35. The van der Waals surface area contributed by atoms with E-state index >= 15 is 0 Å². The van der Waals surface area contributed by atoms with Crippen molar-refractivity contribution in [2.45, 2.75) is 31.5 Å². The summed E-state index contributed by atoms with van der Waals surface area (Å²) in [5.41, 5.74) is 1.39. The van der Waals surface area contributed by atoms with Crippen molar-refractivity contribution in [3.05, 3.63) is 35.4 Å². The SMILES string of the molecule is [2H]C1([2H])CC(c2ccc(C#N)cc2)CC([2H])([2H])C1C#C. The fourth-order valence-corrected chi connectivity index (χ4v) is 1.85. The van der Waals surface area contributed by atoms with Crippen LogP contribution in [0.3, 0.4) is 0 Å². The lowest BCUT2D eigenvalue weighted by molar-refractivity contribution is 0.385. The highest BCUT2D eigenvalue weighted by molar-refractivity contribution is 5.33. The van der Waals surface area contributed by atoms with Gasteiger partial charge >= 0.3 is 0 Å². The van der Waals surface area contributed by atoms with Gasteiger partial charge in [0.2, 0.25) is 0 Å². The molecular formula is C15H15N. The van der Waals surface area contributed by atoms with Crippen LogP contribution in [0.4, 0.5) is 0 Å². The molecule has 1 fully saturated rings. The monoisotopic (exact) mass is 213 g/mol. The molecule has 2 rings (SSSR count). The van der Waals surface area contributed by atoms with E-state index in [-0.39, 0.29) is 18.8 Å². The van der Waals surface area contributed by atoms with E-state index < -0.39 is 18.7 Å². The molecule has 0 atom stereocenters. The minimum atomic E-state index is -1.73. The lowest BCUT2D eigenvalue weighted by Crippen LogP contribution is -2.11. The number of rotatable bonds is 1. The predicted molar refractivity (Wildman–Crippen MR) is 64.7 cm³/mol. The minimum absolute atomic E-state index is 0.202. The maximum Gasteiger partial charge on any atom is 0.0991 e. The molecule has 80 valence electrons. The van der Waals surface area contributed by atoms with Crippen molar-refractivity contribution in [2.75, 3.05) is 0 Å². The van der Waals surface area contributed by atoms with Gasteiger partial charge in [-0.25, -0.2) is 0 Å². The van der Waals surface area contributed by atoms with Crippen LogP contribution in [0.1, 0.15) is 48.1 Å². The smallest absolute Gasteiger partial charge is 0.0991 e. The Balaban J connectivity index is 2.31. The third-order valence-electron chi connectivity index (χ3n) is 2.81. The summed E-state index contributed by atoms with van der Waals surface area (Å²) in [4.78, 5) is 0. The summed E-state index contributed by atoms with van der Waals surface area (Å²) in [7, 11) is 0. The lowest BCUT2D eigenvalue weighted by Gasteiger charge is -2.25. The molecule has 0 unspecified atom stereocenters. The van der Waals surface area contributed by atoms with Crippen molar-refractivity contribution in [1.82, 2.24) is 0 Å². The fraction of sp³-hybridized carbons (Fsp3) is 0.400. The molecule has 0 heterocycles. The molecule has 0 saturated heterocycles. The molecule has 1 aliphatic rings. The normalized spacial score (nSPS) is 34.4. The van der Waals surface area contributed by atoms with E-state index in [0.29, 0.717) is 5.56 Å². The quantitative estimate of drug-likeness (QED) is 0.655. The zero-order valence-corrected chi connectivity index (χ0v) is 8.90. The van der Waals surface area contributed by atoms with E-state index in [4.69, 9.17) is 17.2 Å². The number of hydrogen-bond acceptors (Lipinski definition) is 1. The summed E-state index contributed by atoms with van der Waals surface area (Å²) < 4.78 is 32.1. The number of nitrogens with zero attached hydrogens (tertiary/aromatic N) is 1. The van der Waals surface area contributed by atoms with E-state index in [0.717, 1.165) is 5.56 Å². The van der Waals surface area contributed by atoms with Crippen LogP contribution in [0, 0.1) is 29.6 Å². The highest BCUT2D eigenvalue weighted by atomic mass is 14.3. The number of terminal acetylenes is 1. The molecule has 1 heteroatoms. The van der Waals surface area contributed by atoms with Crippen LogP contribution in [-0.2, 0) is 0 Å². The van der Waals surface area contributed by atoms with E-state index in [1.165, 1.54) is 0 Å². The second-order valence-electron chi connectivity index (χ2n) is 3.85. The Morgan fingerprint density at radius 1 is 1.25 bits per heavy atom. The van der Waals surface area contributed by atoms with Gasteiger partial charge in [0.05, 0.1) is 11.6 Å². The van der Waals surface area contributed by atoms with Crippen LogP contribution in [0.15, 0.2) is 24.3 Å². The van der Waals surface area contributed by atoms with Crippen LogP contribution < -0.4 is 0 Å². The van der Waals surface area contributed by atoms with Gasteiger partial charge in [-0.3, -0.25) is 0 Å². The van der Waals surface area contributed by atoms with Gasteiger partial charge in [0.1, 0.15) is 0 Å². The first-order chi connectivity index (χ1) is 9.30. The van der Waals surface area contributed by atoms with Crippen LogP contribution in [0.25, 0.3) is 0 Å². The van der Waals surface area contributed by atoms with E-state index in [1.807, 2.05) is 6.07 Å². The van der Waals surface area contributed by atoms with Gasteiger partial charge in [0.25, 0.3) is 0 Å². The topological polar surface area (TPSA) is 23.8 Å². The van der Waals surface area contributed by atoms with Gasteiger partial charge in [-0.15, -0.1) is 12.3 Å². The molecule has 1 aliphatic carbocycles. The zero-order valence-electron chi connectivity index (χ0n) is 12.9. The Bertz CT molecular complexity index is 559. The standard InChI is InChI=1S/C15H15N/c1-2-12-3-7-14(8-4-12)15-9-5-13(11-16)6-10-15/h1,5-6,9-10,12,14H,3-4,7-8H2/i3D2,4D2. The molecule has 16 heavy (non-hydrogen) atoms. The van der Waals surface area contributed by atoms with Gasteiger partial charge < -0.3 is 0 Å². The Hall–Kier alpha value is -1.73. The van der Waals surface area contributed by atoms with Gasteiger partial charge in [-0.05, 0) is 49.2 Å². The first kappa shape index (κ1) is 6.77. The summed E-state index contributed by atoms with van der Waals surface area (Å²) in [6, 6.07) is 8.92. The van der Waals surface area contributed by atoms with Gasteiger partial charge in [-0.1, -0.05) is 12.1 Å². The Morgan fingerprint density at radius 2 is 1.88 bits per heavy atom. The molecule has 0 spiro atoms. The molecule has 1 aromatic rings. The molecule has 1 aromatic carbocycles. The van der Waals surface area contributed by atoms with Crippen molar-refractivity contribution in [2.24, 2.45) is 5.92 Å². The van der Waals surface area contributed by atoms with Crippen LogP contribution in [-0.4, -0.2) is 0 Å². The van der Waals surface area contributed by atoms with Crippen LogP contribution in [0.2, 0.25) is 0 Å². The molecule has 0 bridgehead atoms. The maximum atomic E-state index is 8.78. The molecule has 1 saturated carbocycles. The molecule has 1 nitrogen and oxygen atoms in total. The van der Waals surface area contributed by atoms with Crippen molar-refractivity contribution < 1.29 is 5.48 Å². The third kappa shape index (κ3) is 2.26. The van der Waals surface area contributed by atoms with Crippen LogP contribution >= 0.6 is 0 Å². The molecule has 0 amide bonds. The average molecular weight is 213 g/mol. The maximum absolute atomic E-state index is 8.78. The Labute approximate surface area is 103 Å². The van der Waals surface area contributed by atoms with Crippen molar-refractivity contribution >= 4 is 0 Å². The third-order valence-corrected chi connectivity index (χ3v) is 2.81. The predicted octanol–water partition coefficient (Wildman–Crippen LogP) is 3.47. The summed E-state index contributed by atoms with van der Waals surface area (Å²) in [6.45, 7) is 0. The van der Waals surface area contributed by atoms with Crippen molar-refractivity contribution in [3.63, 3.8) is 0 Å². The van der Waals surface area contributed by atoms with E-state index in [1.54, 1.807) is 24.3 Å². The molecule has 0 N–H and O–H groups in total. The van der Waals surface area contributed by atoms with Crippen LogP contribution in [0.5, 0.6) is 0 Å². The first-order valence-corrected chi connectivity index (χ1v) is 5.26. The number of hydrogen-bond donors (Lipinski definition) is 0. The summed E-state index contributed by atoms with van der Waals surface area (Å²) >= 11 is 0. The Morgan fingerprint density at radius 3 is 2.38 bits per heavy atom. The molecule has 0 aliphatic heterocycles. The van der Waals surface area contributed by atoms with E-state index in [9.17, 15) is 0 Å².